The first-order chi connectivity index (χ1) is 13.6. The number of amides is 1. The summed E-state index contributed by atoms with van der Waals surface area (Å²) in [7, 11) is 0. The molecule has 1 atom stereocenters. The van der Waals surface area contributed by atoms with Gasteiger partial charge in [0.25, 0.3) is 0 Å². The summed E-state index contributed by atoms with van der Waals surface area (Å²) in [5.41, 5.74) is 8.29. The molecule has 148 valence electrons. The Bertz CT molecular complexity index is 826. The Morgan fingerprint density at radius 1 is 1.11 bits per heavy atom. The number of ether oxygens (including phenoxy) is 1. The molecule has 0 aliphatic heterocycles. The molecule has 4 rings (SSSR count). The minimum Gasteiger partial charge on any atom is -0.439 e. The molecule has 2 aromatic rings. The van der Waals surface area contributed by atoms with Crippen LogP contribution in [0.15, 0.2) is 36.5 Å². The van der Waals surface area contributed by atoms with Gasteiger partial charge in [0.1, 0.15) is 5.75 Å². The van der Waals surface area contributed by atoms with Gasteiger partial charge in [-0.05, 0) is 74.1 Å². The number of nitrogens with two attached hydrogens (primary N) is 1. The average molecular weight is 380 g/mol. The van der Waals surface area contributed by atoms with E-state index in [-0.39, 0.29) is 0 Å². The van der Waals surface area contributed by atoms with Gasteiger partial charge < -0.3 is 15.8 Å². The number of carbonyl (C=O) groups excluding carboxylic acids is 1. The molecule has 1 fully saturated rings. The van der Waals surface area contributed by atoms with Gasteiger partial charge in [0.05, 0.1) is 5.56 Å². The quantitative estimate of drug-likeness (QED) is 0.823. The second kappa shape index (κ2) is 8.31. The second-order valence-corrected chi connectivity index (χ2v) is 8.31. The van der Waals surface area contributed by atoms with E-state index in [9.17, 15) is 4.79 Å². The van der Waals surface area contributed by atoms with E-state index in [1.807, 2.05) is 6.07 Å². The van der Waals surface area contributed by atoms with Gasteiger partial charge in [-0.1, -0.05) is 19.1 Å². The Labute approximate surface area is 166 Å². The third-order valence-corrected chi connectivity index (χ3v) is 6.16. The number of rotatable bonds is 5. The van der Waals surface area contributed by atoms with Gasteiger partial charge in [0.15, 0.2) is 0 Å². The van der Waals surface area contributed by atoms with Crippen molar-refractivity contribution in [2.45, 2.75) is 64.0 Å². The largest absolute Gasteiger partial charge is 0.439 e. The van der Waals surface area contributed by atoms with Crippen LogP contribution in [-0.2, 0) is 12.8 Å². The smallest absolute Gasteiger partial charge is 0.250 e. The number of hydrogen-bond donors (Lipinski definition) is 2. The van der Waals surface area contributed by atoms with E-state index in [1.165, 1.54) is 43.0 Å². The summed E-state index contributed by atoms with van der Waals surface area (Å²) in [6.07, 6.45) is 9.95. The van der Waals surface area contributed by atoms with E-state index < -0.39 is 5.91 Å². The molecule has 1 aromatic heterocycles. The number of benzene rings is 1. The zero-order chi connectivity index (χ0) is 19.5. The van der Waals surface area contributed by atoms with Crippen molar-refractivity contribution in [1.82, 2.24) is 10.3 Å². The summed E-state index contributed by atoms with van der Waals surface area (Å²) in [5.74, 6) is 1.74. The van der Waals surface area contributed by atoms with Crippen LogP contribution in [0.5, 0.6) is 11.6 Å². The third-order valence-electron chi connectivity index (χ3n) is 6.16. The molecule has 1 aromatic carbocycles. The van der Waals surface area contributed by atoms with E-state index in [0.29, 0.717) is 23.5 Å². The van der Waals surface area contributed by atoms with E-state index in [2.05, 4.69) is 29.4 Å². The highest BCUT2D eigenvalue weighted by Crippen LogP contribution is 2.33. The minimum absolute atomic E-state index is 0.383. The van der Waals surface area contributed by atoms with Gasteiger partial charge >= 0.3 is 0 Å². The molecule has 3 N–H and O–H groups in total. The zero-order valence-corrected chi connectivity index (χ0v) is 16.5. The average Bonchev–Trinajstić information content (AvgIpc) is 2.70. The number of nitrogens with one attached hydrogen (secondary N) is 1. The van der Waals surface area contributed by atoms with Gasteiger partial charge in [-0.25, -0.2) is 4.98 Å². The maximum Gasteiger partial charge on any atom is 0.250 e. The maximum absolute atomic E-state index is 11.2. The highest BCUT2D eigenvalue weighted by molar-refractivity contribution is 5.92. The van der Waals surface area contributed by atoms with Crippen LogP contribution < -0.4 is 15.8 Å². The summed E-state index contributed by atoms with van der Waals surface area (Å²) < 4.78 is 6.02. The summed E-state index contributed by atoms with van der Waals surface area (Å²) in [6, 6.07) is 10.8. The van der Waals surface area contributed by atoms with E-state index >= 15 is 0 Å². The molecular formula is C23H29N3O2. The molecule has 28 heavy (non-hydrogen) atoms. The topological polar surface area (TPSA) is 77.2 Å². The maximum atomic E-state index is 11.2. The molecule has 2 aliphatic carbocycles. The first-order valence-corrected chi connectivity index (χ1v) is 10.4. The van der Waals surface area contributed by atoms with Gasteiger partial charge in [-0.3, -0.25) is 4.79 Å². The van der Waals surface area contributed by atoms with Crippen molar-refractivity contribution < 1.29 is 9.53 Å². The predicted octanol–water partition coefficient (Wildman–Crippen LogP) is 4.00. The van der Waals surface area contributed by atoms with E-state index in [4.69, 9.17) is 10.5 Å². The van der Waals surface area contributed by atoms with E-state index in [0.717, 1.165) is 30.9 Å². The third kappa shape index (κ3) is 4.36. The molecular weight excluding hydrogens is 350 g/mol. The van der Waals surface area contributed by atoms with Crippen molar-refractivity contribution in [3.8, 4) is 11.6 Å². The first-order valence-electron chi connectivity index (χ1n) is 10.4. The molecule has 1 amide bonds. The number of carbonyl (C=O) groups is 1. The van der Waals surface area contributed by atoms with Crippen LogP contribution in [0.3, 0.4) is 0 Å². The van der Waals surface area contributed by atoms with Gasteiger partial charge in [0.2, 0.25) is 11.8 Å². The lowest BCUT2D eigenvalue weighted by Gasteiger charge is -2.33. The Kier molecular flexibility index (Phi) is 5.62. The van der Waals surface area contributed by atoms with Crippen LogP contribution in [0.1, 0.15) is 60.5 Å². The van der Waals surface area contributed by atoms with Crippen LogP contribution in [-0.4, -0.2) is 23.0 Å². The lowest BCUT2D eigenvalue weighted by molar-refractivity contribution is 0.1000. The number of primary amides is 1. The van der Waals surface area contributed by atoms with Crippen molar-refractivity contribution >= 4 is 5.91 Å². The van der Waals surface area contributed by atoms with Crippen molar-refractivity contribution in [3.05, 3.63) is 53.2 Å². The summed E-state index contributed by atoms with van der Waals surface area (Å²) in [6.45, 7) is 2.37. The number of nitrogens with zero attached hydrogens (tertiary/aromatic N) is 1. The number of hydrogen-bond acceptors (Lipinski definition) is 4. The SMILES string of the molecule is CC1CCC(NC2CCc3c(cccc3Oc3ccc(C(N)=O)cn3)C2)CC1. The van der Waals surface area contributed by atoms with Gasteiger partial charge in [0, 0.05) is 24.3 Å². The molecule has 1 unspecified atom stereocenters. The Hall–Kier alpha value is -2.40. The van der Waals surface area contributed by atoms with Crippen LogP contribution >= 0.6 is 0 Å². The molecule has 0 bridgehead atoms. The number of pyridine rings is 1. The highest BCUT2D eigenvalue weighted by atomic mass is 16.5. The summed E-state index contributed by atoms with van der Waals surface area (Å²) in [4.78, 5) is 15.4. The fourth-order valence-corrected chi connectivity index (χ4v) is 4.47. The molecule has 0 saturated heterocycles. The molecule has 5 nitrogen and oxygen atoms in total. The normalized spacial score (nSPS) is 24.4. The van der Waals surface area contributed by atoms with Crippen molar-refractivity contribution in [2.24, 2.45) is 11.7 Å². The summed E-state index contributed by atoms with van der Waals surface area (Å²) in [5, 5.41) is 3.91. The standard InChI is InChI=1S/C23H29N3O2/c1-15-5-8-18(9-6-15)26-19-10-11-20-16(13-19)3-2-4-21(20)28-22-12-7-17(14-25-22)23(24)27/h2-4,7,12,14-15,18-19,26H,5-6,8-11,13H2,1H3,(H2,24,27). The molecule has 0 spiro atoms. The summed E-state index contributed by atoms with van der Waals surface area (Å²) >= 11 is 0. The van der Waals surface area contributed by atoms with Crippen LogP contribution in [0.4, 0.5) is 0 Å². The molecule has 1 heterocycles. The fraction of sp³-hybridized carbons (Fsp3) is 0.478. The Morgan fingerprint density at radius 2 is 1.93 bits per heavy atom. The first kappa shape index (κ1) is 18.9. The molecule has 2 aliphatic rings. The predicted molar refractivity (Wildman–Crippen MR) is 110 cm³/mol. The van der Waals surface area contributed by atoms with Crippen LogP contribution in [0.2, 0.25) is 0 Å². The van der Waals surface area contributed by atoms with Crippen molar-refractivity contribution in [1.29, 1.82) is 0 Å². The van der Waals surface area contributed by atoms with Crippen LogP contribution in [0.25, 0.3) is 0 Å². The minimum atomic E-state index is -0.484. The number of fused-ring (bicyclic) bond motifs is 1. The lowest BCUT2D eigenvalue weighted by atomic mass is 9.84. The molecule has 1 saturated carbocycles. The van der Waals surface area contributed by atoms with Gasteiger partial charge in [-0.15, -0.1) is 0 Å². The fourth-order valence-electron chi connectivity index (χ4n) is 4.47. The van der Waals surface area contributed by atoms with Crippen molar-refractivity contribution in [2.75, 3.05) is 0 Å². The van der Waals surface area contributed by atoms with Gasteiger partial charge in [-0.2, -0.15) is 0 Å². The highest BCUT2D eigenvalue weighted by Gasteiger charge is 2.25. The lowest BCUT2D eigenvalue weighted by Crippen LogP contribution is -2.43. The number of aromatic nitrogens is 1. The second-order valence-electron chi connectivity index (χ2n) is 8.31. The molecule has 5 heteroatoms. The Morgan fingerprint density at radius 3 is 2.64 bits per heavy atom. The Balaban J connectivity index is 1.42. The van der Waals surface area contributed by atoms with Crippen molar-refractivity contribution in [3.63, 3.8) is 0 Å². The van der Waals surface area contributed by atoms with E-state index in [1.54, 1.807) is 12.1 Å². The van der Waals surface area contributed by atoms with Crippen LogP contribution in [0, 0.1) is 5.92 Å². The molecule has 0 radical (unpaired) electrons. The zero-order valence-electron chi connectivity index (χ0n) is 16.5. The monoisotopic (exact) mass is 379 g/mol.